The van der Waals surface area contributed by atoms with E-state index < -0.39 is 23.5 Å². The highest BCUT2D eigenvalue weighted by Crippen LogP contribution is 2.45. The Hall–Kier alpha value is -3.35. The number of carbonyl (C=O) groups excluding carboxylic acids is 2. The van der Waals surface area contributed by atoms with Crippen molar-refractivity contribution >= 4 is 18.0 Å². The minimum absolute atomic E-state index is 0.0589. The molecule has 2 aliphatic carbocycles. The van der Waals surface area contributed by atoms with E-state index in [0.717, 1.165) is 35.1 Å². The molecule has 2 aromatic rings. The van der Waals surface area contributed by atoms with Gasteiger partial charge in [0.05, 0.1) is 5.41 Å². The Labute approximate surface area is 193 Å². The fourth-order valence-electron chi connectivity index (χ4n) is 4.46. The molecule has 174 valence electrons. The van der Waals surface area contributed by atoms with Crippen LogP contribution in [0.4, 0.5) is 4.79 Å². The number of fused-ring (bicyclic) bond motifs is 3. The molecule has 1 fully saturated rings. The number of nitrogens with one attached hydrogen (secondary N) is 2. The molecule has 0 aliphatic heterocycles. The van der Waals surface area contributed by atoms with Crippen molar-refractivity contribution in [2.75, 3.05) is 13.2 Å². The predicted octanol–water partition coefficient (Wildman–Crippen LogP) is 4.06. The molecule has 1 unspecified atom stereocenters. The number of ether oxygens (including phenoxy) is 1. The Morgan fingerprint density at radius 3 is 2.21 bits per heavy atom. The van der Waals surface area contributed by atoms with Crippen LogP contribution in [0.2, 0.25) is 0 Å². The van der Waals surface area contributed by atoms with E-state index in [1.165, 1.54) is 0 Å². The van der Waals surface area contributed by atoms with Gasteiger partial charge in [0, 0.05) is 12.5 Å². The molecule has 7 heteroatoms. The second-order valence-corrected chi connectivity index (χ2v) is 8.97. The summed E-state index contributed by atoms with van der Waals surface area (Å²) >= 11 is 0. The number of amides is 2. The monoisotopic (exact) mass is 450 g/mol. The van der Waals surface area contributed by atoms with E-state index in [4.69, 9.17) is 4.74 Å². The van der Waals surface area contributed by atoms with Crippen LogP contribution in [0.3, 0.4) is 0 Å². The molecular weight excluding hydrogens is 420 g/mol. The zero-order valence-electron chi connectivity index (χ0n) is 18.8. The lowest BCUT2D eigenvalue weighted by molar-refractivity contribution is -0.143. The van der Waals surface area contributed by atoms with Crippen LogP contribution < -0.4 is 10.6 Å². The van der Waals surface area contributed by atoms with Crippen LogP contribution in [0.25, 0.3) is 11.1 Å². The third kappa shape index (κ3) is 4.87. The summed E-state index contributed by atoms with van der Waals surface area (Å²) in [7, 11) is 0. The third-order valence-corrected chi connectivity index (χ3v) is 6.71. The molecule has 33 heavy (non-hydrogen) atoms. The van der Waals surface area contributed by atoms with Crippen molar-refractivity contribution in [3.8, 4) is 11.1 Å². The predicted molar refractivity (Wildman–Crippen MR) is 124 cm³/mol. The number of hydrogen-bond acceptors (Lipinski definition) is 4. The fourth-order valence-corrected chi connectivity index (χ4v) is 4.46. The molecule has 2 aromatic carbocycles. The minimum atomic E-state index is -0.891. The van der Waals surface area contributed by atoms with Crippen LogP contribution in [0.1, 0.15) is 56.1 Å². The number of carboxylic acids is 1. The average Bonchev–Trinajstić information content (AvgIpc) is 3.56. The molecule has 4 rings (SSSR count). The number of hydrogen-bond donors (Lipinski definition) is 3. The van der Waals surface area contributed by atoms with Gasteiger partial charge in [0.2, 0.25) is 5.91 Å². The summed E-state index contributed by atoms with van der Waals surface area (Å²) < 4.78 is 5.57. The lowest BCUT2D eigenvalue weighted by atomic mass is 9.98. The SMILES string of the molecule is CCCCC(NC(=O)OCC1c2ccccc2-c2ccccc21)C(=O)NCC1(C(=O)O)CC1. The maximum atomic E-state index is 12.7. The number of carboxylic acid groups (broad SMARTS) is 1. The smallest absolute Gasteiger partial charge is 0.407 e. The first-order valence-corrected chi connectivity index (χ1v) is 11.6. The van der Waals surface area contributed by atoms with Gasteiger partial charge < -0.3 is 20.5 Å². The molecule has 0 spiro atoms. The Kier molecular flexibility index (Phi) is 6.67. The van der Waals surface area contributed by atoms with E-state index in [2.05, 4.69) is 34.9 Å². The number of unbranched alkanes of at least 4 members (excludes halogenated alkanes) is 1. The van der Waals surface area contributed by atoms with Gasteiger partial charge in [-0.3, -0.25) is 9.59 Å². The number of carbonyl (C=O) groups is 3. The molecule has 7 nitrogen and oxygen atoms in total. The van der Waals surface area contributed by atoms with Gasteiger partial charge in [-0.05, 0) is 41.5 Å². The summed E-state index contributed by atoms with van der Waals surface area (Å²) in [6, 6.07) is 15.4. The molecular formula is C26H30N2O5. The third-order valence-electron chi connectivity index (χ3n) is 6.71. The van der Waals surface area contributed by atoms with Crippen LogP contribution in [-0.4, -0.2) is 42.3 Å². The lowest BCUT2D eigenvalue weighted by Crippen LogP contribution is -2.48. The van der Waals surface area contributed by atoms with E-state index in [0.29, 0.717) is 19.3 Å². The van der Waals surface area contributed by atoms with Gasteiger partial charge in [-0.25, -0.2) is 4.79 Å². The zero-order valence-corrected chi connectivity index (χ0v) is 18.8. The van der Waals surface area contributed by atoms with E-state index in [1.54, 1.807) is 0 Å². The number of benzene rings is 2. The van der Waals surface area contributed by atoms with Crippen LogP contribution in [-0.2, 0) is 14.3 Å². The van der Waals surface area contributed by atoms with Gasteiger partial charge in [-0.1, -0.05) is 68.3 Å². The highest BCUT2D eigenvalue weighted by atomic mass is 16.5. The van der Waals surface area contributed by atoms with Gasteiger partial charge in [-0.2, -0.15) is 0 Å². The highest BCUT2D eigenvalue weighted by Gasteiger charge is 2.50. The van der Waals surface area contributed by atoms with Gasteiger partial charge in [0.15, 0.2) is 0 Å². The number of alkyl carbamates (subject to hydrolysis) is 1. The summed E-state index contributed by atoms with van der Waals surface area (Å²) in [5.74, 6) is -1.32. The van der Waals surface area contributed by atoms with Gasteiger partial charge in [0.1, 0.15) is 12.6 Å². The van der Waals surface area contributed by atoms with Crippen LogP contribution in [0, 0.1) is 5.41 Å². The van der Waals surface area contributed by atoms with Crippen molar-refractivity contribution in [3.05, 3.63) is 59.7 Å². The Morgan fingerprint density at radius 1 is 1.06 bits per heavy atom. The molecule has 2 amide bonds. The lowest BCUT2D eigenvalue weighted by Gasteiger charge is -2.20. The van der Waals surface area contributed by atoms with Gasteiger partial charge >= 0.3 is 12.1 Å². The molecule has 0 aromatic heterocycles. The highest BCUT2D eigenvalue weighted by molar-refractivity contribution is 5.87. The maximum Gasteiger partial charge on any atom is 0.407 e. The second kappa shape index (κ2) is 9.65. The number of aliphatic carboxylic acids is 1. The Morgan fingerprint density at radius 2 is 1.67 bits per heavy atom. The molecule has 0 radical (unpaired) electrons. The molecule has 1 saturated carbocycles. The van der Waals surface area contributed by atoms with Crippen molar-refractivity contribution in [1.29, 1.82) is 0 Å². The van der Waals surface area contributed by atoms with Crippen molar-refractivity contribution < 1.29 is 24.2 Å². The maximum absolute atomic E-state index is 12.7. The summed E-state index contributed by atoms with van der Waals surface area (Å²) in [6.07, 6.45) is 2.56. The van der Waals surface area contributed by atoms with Crippen molar-refractivity contribution in [3.63, 3.8) is 0 Å². The molecule has 1 atom stereocenters. The quantitative estimate of drug-likeness (QED) is 0.506. The Balaban J connectivity index is 1.37. The molecule has 0 saturated heterocycles. The van der Waals surface area contributed by atoms with Crippen molar-refractivity contribution in [2.24, 2.45) is 5.41 Å². The van der Waals surface area contributed by atoms with Gasteiger partial charge in [0.25, 0.3) is 0 Å². The topological polar surface area (TPSA) is 105 Å². The Bertz CT molecular complexity index is 1000. The molecule has 0 heterocycles. The standard InChI is InChI=1S/C26H30N2O5/c1-2-3-12-22(23(29)27-16-26(13-14-26)24(30)31)28-25(32)33-15-21-19-10-6-4-8-17(19)18-9-5-7-11-20(18)21/h4-11,21-22H,2-3,12-16H2,1H3,(H,27,29)(H,28,32)(H,30,31). The zero-order chi connectivity index (χ0) is 23.4. The van der Waals surface area contributed by atoms with E-state index in [-0.39, 0.29) is 25.0 Å². The van der Waals surface area contributed by atoms with Crippen LogP contribution in [0.15, 0.2) is 48.5 Å². The summed E-state index contributed by atoms with van der Waals surface area (Å²) in [4.78, 5) is 36.7. The van der Waals surface area contributed by atoms with Crippen molar-refractivity contribution in [2.45, 2.75) is 51.0 Å². The molecule has 0 bridgehead atoms. The van der Waals surface area contributed by atoms with Crippen LogP contribution >= 0.6 is 0 Å². The first-order valence-electron chi connectivity index (χ1n) is 11.6. The van der Waals surface area contributed by atoms with E-state index >= 15 is 0 Å². The first kappa shape index (κ1) is 22.8. The summed E-state index contributed by atoms with van der Waals surface area (Å²) in [6.45, 7) is 2.26. The normalized spacial score (nSPS) is 16.3. The largest absolute Gasteiger partial charge is 0.481 e. The second-order valence-electron chi connectivity index (χ2n) is 8.97. The van der Waals surface area contributed by atoms with Gasteiger partial charge in [-0.15, -0.1) is 0 Å². The molecule has 3 N–H and O–H groups in total. The first-order chi connectivity index (χ1) is 15.9. The van der Waals surface area contributed by atoms with Crippen LogP contribution in [0.5, 0.6) is 0 Å². The average molecular weight is 451 g/mol. The van der Waals surface area contributed by atoms with E-state index in [9.17, 15) is 19.5 Å². The fraction of sp³-hybridized carbons (Fsp3) is 0.423. The molecule has 2 aliphatic rings. The summed E-state index contributed by atoms with van der Waals surface area (Å²) in [5.41, 5.74) is 3.68. The number of rotatable bonds is 10. The minimum Gasteiger partial charge on any atom is -0.481 e. The summed E-state index contributed by atoms with van der Waals surface area (Å²) in [5, 5.41) is 14.7. The van der Waals surface area contributed by atoms with Crippen molar-refractivity contribution in [1.82, 2.24) is 10.6 Å². The van der Waals surface area contributed by atoms with E-state index in [1.807, 2.05) is 31.2 Å².